The standard InChI is InChI=1S/C10H10F2O2/c1-6(10(13)14)4-7-5-8(11)2-3-9(7)12/h2-3,5-6H,4H2,1H3,(H,13,14). The summed E-state index contributed by atoms with van der Waals surface area (Å²) in [5, 5.41) is 8.59. The van der Waals surface area contributed by atoms with Crippen LogP contribution in [0.5, 0.6) is 0 Å². The highest BCUT2D eigenvalue weighted by Gasteiger charge is 2.14. The van der Waals surface area contributed by atoms with Gasteiger partial charge in [0.1, 0.15) is 11.6 Å². The van der Waals surface area contributed by atoms with E-state index in [1.54, 1.807) is 0 Å². The molecule has 0 saturated carbocycles. The van der Waals surface area contributed by atoms with E-state index in [1.165, 1.54) is 6.92 Å². The van der Waals surface area contributed by atoms with Gasteiger partial charge in [-0.25, -0.2) is 8.78 Å². The van der Waals surface area contributed by atoms with Gasteiger partial charge < -0.3 is 5.11 Å². The second-order valence-electron chi connectivity index (χ2n) is 3.18. The van der Waals surface area contributed by atoms with Gasteiger partial charge in [-0.1, -0.05) is 6.92 Å². The Labute approximate surface area is 80.2 Å². The highest BCUT2D eigenvalue weighted by atomic mass is 19.1. The van der Waals surface area contributed by atoms with Crippen molar-refractivity contribution in [3.05, 3.63) is 35.4 Å². The van der Waals surface area contributed by atoms with Crippen LogP contribution < -0.4 is 0 Å². The summed E-state index contributed by atoms with van der Waals surface area (Å²) in [5.41, 5.74) is 0.0971. The molecule has 0 aliphatic rings. The van der Waals surface area contributed by atoms with Crippen LogP contribution in [-0.4, -0.2) is 11.1 Å². The molecule has 0 spiro atoms. The van der Waals surface area contributed by atoms with Crippen molar-refractivity contribution in [2.45, 2.75) is 13.3 Å². The van der Waals surface area contributed by atoms with Crippen LogP contribution in [0, 0.1) is 17.6 Å². The van der Waals surface area contributed by atoms with E-state index in [0.29, 0.717) is 0 Å². The minimum absolute atomic E-state index is 0.00106. The van der Waals surface area contributed by atoms with Gasteiger partial charge in [-0.2, -0.15) is 0 Å². The van der Waals surface area contributed by atoms with Gasteiger partial charge in [-0.05, 0) is 30.2 Å². The second-order valence-corrected chi connectivity index (χ2v) is 3.18. The third-order valence-electron chi connectivity index (χ3n) is 1.96. The third-order valence-corrected chi connectivity index (χ3v) is 1.96. The lowest BCUT2D eigenvalue weighted by molar-refractivity contribution is -0.141. The van der Waals surface area contributed by atoms with Crippen molar-refractivity contribution < 1.29 is 18.7 Å². The average molecular weight is 200 g/mol. The molecule has 76 valence electrons. The molecule has 1 unspecified atom stereocenters. The van der Waals surface area contributed by atoms with Gasteiger partial charge in [0, 0.05) is 0 Å². The zero-order valence-corrected chi connectivity index (χ0v) is 7.63. The number of rotatable bonds is 3. The minimum Gasteiger partial charge on any atom is -0.481 e. The number of benzene rings is 1. The molecule has 0 aliphatic carbocycles. The second kappa shape index (κ2) is 4.17. The van der Waals surface area contributed by atoms with Crippen molar-refractivity contribution in [1.29, 1.82) is 0 Å². The first-order valence-electron chi connectivity index (χ1n) is 4.17. The molecule has 1 aromatic rings. The van der Waals surface area contributed by atoms with Crippen molar-refractivity contribution in [3.8, 4) is 0 Å². The normalized spacial score (nSPS) is 12.5. The van der Waals surface area contributed by atoms with Crippen LogP contribution in [0.4, 0.5) is 8.78 Å². The van der Waals surface area contributed by atoms with Crippen molar-refractivity contribution >= 4 is 5.97 Å². The molecule has 0 aromatic heterocycles. The van der Waals surface area contributed by atoms with Gasteiger partial charge in [0.25, 0.3) is 0 Å². The zero-order valence-electron chi connectivity index (χ0n) is 7.63. The molecule has 0 amide bonds. The van der Waals surface area contributed by atoms with Crippen LogP contribution in [-0.2, 0) is 11.2 Å². The van der Waals surface area contributed by atoms with E-state index in [1.807, 2.05) is 0 Å². The molecule has 0 bridgehead atoms. The summed E-state index contributed by atoms with van der Waals surface area (Å²) < 4.78 is 25.7. The Balaban J connectivity index is 2.85. The minimum atomic E-state index is -1.02. The SMILES string of the molecule is CC(Cc1cc(F)ccc1F)C(=O)O. The first kappa shape index (κ1) is 10.6. The van der Waals surface area contributed by atoms with Gasteiger partial charge in [0.15, 0.2) is 0 Å². The van der Waals surface area contributed by atoms with Crippen LogP contribution in [0.15, 0.2) is 18.2 Å². The Hall–Kier alpha value is -1.45. The first-order chi connectivity index (χ1) is 6.50. The number of carbonyl (C=O) groups is 1. The lowest BCUT2D eigenvalue weighted by atomic mass is 10.0. The zero-order chi connectivity index (χ0) is 10.7. The van der Waals surface area contributed by atoms with E-state index < -0.39 is 23.5 Å². The van der Waals surface area contributed by atoms with E-state index in [4.69, 9.17) is 5.11 Å². The Morgan fingerprint density at radius 3 is 2.71 bits per heavy atom. The van der Waals surface area contributed by atoms with E-state index in [2.05, 4.69) is 0 Å². The van der Waals surface area contributed by atoms with Crippen molar-refractivity contribution in [2.24, 2.45) is 5.92 Å². The number of hydrogen-bond acceptors (Lipinski definition) is 1. The van der Waals surface area contributed by atoms with Gasteiger partial charge in [-0.15, -0.1) is 0 Å². The lowest BCUT2D eigenvalue weighted by Gasteiger charge is -2.06. The smallest absolute Gasteiger partial charge is 0.306 e. The predicted molar refractivity (Wildman–Crippen MR) is 46.9 cm³/mol. The Kier molecular flexibility index (Phi) is 3.17. The van der Waals surface area contributed by atoms with Gasteiger partial charge in [0.05, 0.1) is 5.92 Å². The monoisotopic (exact) mass is 200 g/mol. The fraction of sp³-hybridized carbons (Fsp3) is 0.300. The van der Waals surface area contributed by atoms with E-state index in [-0.39, 0.29) is 12.0 Å². The maximum absolute atomic E-state index is 13.0. The molecule has 0 radical (unpaired) electrons. The summed E-state index contributed by atoms with van der Waals surface area (Å²) in [6, 6.07) is 3.03. The summed E-state index contributed by atoms with van der Waals surface area (Å²) in [7, 11) is 0. The maximum atomic E-state index is 13.0. The number of carboxylic acids is 1. The molecule has 1 atom stereocenters. The Morgan fingerprint density at radius 1 is 1.50 bits per heavy atom. The van der Waals surface area contributed by atoms with Gasteiger partial charge in [0.2, 0.25) is 0 Å². The Morgan fingerprint density at radius 2 is 2.14 bits per heavy atom. The molecular formula is C10H10F2O2. The van der Waals surface area contributed by atoms with Crippen molar-refractivity contribution in [2.75, 3.05) is 0 Å². The predicted octanol–water partition coefficient (Wildman–Crippen LogP) is 2.23. The van der Waals surface area contributed by atoms with Crippen LogP contribution in [0.2, 0.25) is 0 Å². The van der Waals surface area contributed by atoms with E-state index in [9.17, 15) is 13.6 Å². The van der Waals surface area contributed by atoms with Crippen LogP contribution in [0.25, 0.3) is 0 Å². The number of hydrogen-bond donors (Lipinski definition) is 1. The van der Waals surface area contributed by atoms with Crippen LogP contribution in [0.1, 0.15) is 12.5 Å². The van der Waals surface area contributed by atoms with Crippen molar-refractivity contribution in [3.63, 3.8) is 0 Å². The maximum Gasteiger partial charge on any atom is 0.306 e. The van der Waals surface area contributed by atoms with Crippen LogP contribution in [0.3, 0.4) is 0 Å². The molecule has 2 nitrogen and oxygen atoms in total. The molecule has 1 aromatic carbocycles. The molecule has 0 fully saturated rings. The molecule has 1 N–H and O–H groups in total. The molecule has 14 heavy (non-hydrogen) atoms. The molecule has 0 saturated heterocycles. The number of carboxylic acid groups (broad SMARTS) is 1. The number of halogens is 2. The molecular weight excluding hydrogens is 190 g/mol. The summed E-state index contributed by atoms with van der Waals surface area (Å²) in [4.78, 5) is 10.5. The summed E-state index contributed by atoms with van der Waals surface area (Å²) in [6.45, 7) is 1.45. The summed E-state index contributed by atoms with van der Waals surface area (Å²) >= 11 is 0. The molecule has 1 rings (SSSR count). The summed E-state index contributed by atoms with van der Waals surface area (Å²) in [6.07, 6.45) is -0.00106. The lowest BCUT2D eigenvalue weighted by Crippen LogP contribution is -2.13. The molecule has 4 heteroatoms. The fourth-order valence-corrected chi connectivity index (χ4v) is 1.12. The quantitative estimate of drug-likeness (QED) is 0.812. The van der Waals surface area contributed by atoms with Crippen molar-refractivity contribution in [1.82, 2.24) is 0 Å². The highest BCUT2D eigenvalue weighted by Crippen LogP contribution is 2.14. The number of aliphatic carboxylic acids is 1. The van der Waals surface area contributed by atoms with Gasteiger partial charge in [-0.3, -0.25) is 4.79 Å². The van der Waals surface area contributed by atoms with Gasteiger partial charge >= 0.3 is 5.97 Å². The third kappa shape index (κ3) is 2.52. The molecule has 0 aliphatic heterocycles. The van der Waals surface area contributed by atoms with E-state index in [0.717, 1.165) is 18.2 Å². The fourth-order valence-electron chi connectivity index (χ4n) is 1.12. The Bertz CT molecular complexity index is 350. The summed E-state index contributed by atoms with van der Waals surface area (Å²) in [5.74, 6) is -2.86. The topological polar surface area (TPSA) is 37.3 Å². The largest absolute Gasteiger partial charge is 0.481 e. The first-order valence-corrected chi connectivity index (χ1v) is 4.17. The average Bonchev–Trinajstić information content (AvgIpc) is 2.11. The van der Waals surface area contributed by atoms with E-state index >= 15 is 0 Å². The van der Waals surface area contributed by atoms with Crippen LogP contribution >= 0.6 is 0 Å². The molecule has 0 heterocycles. The highest BCUT2D eigenvalue weighted by molar-refractivity contribution is 5.69.